The number of fused-ring (bicyclic) bond motifs is 1. The van der Waals surface area contributed by atoms with Gasteiger partial charge in [0.05, 0.1) is 0 Å². The molecular formula is C13H18ClNO3. The van der Waals surface area contributed by atoms with E-state index in [1.54, 1.807) is 6.07 Å². The summed E-state index contributed by atoms with van der Waals surface area (Å²) in [5.41, 5.74) is 6.57. The number of aryl methyl sites for hydroxylation is 1. The van der Waals surface area contributed by atoms with Crippen molar-refractivity contribution in [1.82, 2.24) is 0 Å². The molecule has 3 N–H and O–H groups in total. The molecule has 1 aliphatic heterocycles. The van der Waals surface area contributed by atoms with Crippen LogP contribution in [0.5, 0.6) is 11.5 Å². The Morgan fingerprint density at radius 1 is 1.28 bits per heavy atom. The van der Waals surface area contributed by atoms with E-state index in [-0.39, 0.29) is 12.5 Å². The van der Waals surface area contributed by atoms with Crippen molar-refractivity contribution < 1.29 is 14.6 Å². The van der Waals surface area contributed by atoms with Gasteiger partial charge in [-0.25, -0.2) is 0 Å². The fraction of sp³-hybridized carbons (Fsp3) is 0.538. The lowest BCUT2D eigenvalue weighted by molar-refractivity contribution is 0.171. The first-order chi connectivity index (χ1) is 8.74. The van der Waals surface area contributed by atoms with E-state index in [1.165, 1.54) is 0 Å². The van der Waals surface area contributed by atoms with Crippen molar-refractivity contribution in [3.05, 3.63) is 22.7 Å². The molecule has 1 aromatic rings. The third kappa shape index (κ3) is 3.07. The van der Waals surface area contributed by atoms with Crippen LogP contribution in [0.2, 0.25) is 5.02 Å². The number of ether oxygens (including phenoxy) is 2. The molecule has 0 saturated heterocycles. The number of halogens is 1. The van der Waals surface area contributed by atoms with Gasteiger partial charge in [-0.2, -0.15) is 0 Å². The molecule has 0 spiro atoms. The summed E-state index contributed by atoms with van der Waals surface area (Å²) >= 11 is 6.20. The highest BCUT2D eigenvalue weighted by Gasteiger charge is 2.15. The Bertz CT molecular complexity index is 407. The number of benzene rings is 1. The van der Waals surface area contributed by atoms with Crippen molar-refractivity contribution in [1.29, 1.82) is 0 Å². The minimum Gasteiger partial charge on any atom is -0.486 e. The van der Waals surface area contributed by atoms with Gasteiger partial charge in [-0.1, -0.05) is 11.6 Å². The molecule has 1 atom stereocenters. The highest BCUT2D eigenvalue weighted by molar-refractivity contribution is 6.31. The van der Waals surface area contributed by atoms with Gasteiger partial charge in [0.1, 0.15) is 13.2 Å². The van der Waals surface area contributed by atoms with E-state index in [2.05, 4.69) is 0 Å². The summed E-state index contributed by atoms with van der Waals surface area (Å²) in [6.45, 7) is 1.72. The van der Waals surface area contributed by atoms with Gasteiger partial charge >= 0.3 is 0 Å². The summed E-state index contributed by atoms with van der Waals surface area (Å²) in [5.74, 6) is 1.57. The molecule has 1 unspecified atom stereocenters. The Morgan fingerprint density at radius 2 is 1.94 bits per heavy atom. The number of aliphatic hydroxyl groups excluding tert-OH is 1. The number of aliphatic hydroxyl groups is 1. The van der Waals surface area contributed by atoms with Crippen LogP contribution in [0.1, 0.15) is 12.0 Å². The largest absolute Gasteiger partial charge is 0.486 e. The second-order valence-electron chi connectivity index (χ2n) is 4.41. The lowest BCUT2D eigenvalue weighted by atomic mass is 10.00. The number of rotatable bonds is 5. The second kappa shape index (κ2) is 6.27. The van der Waals surface area contributed by atoms with E-state index in [0.717, 1.165) is 24.2 Å². The maximum absolute atomic E-state index is 9.11. The van der Waals surface area contributed by atoms with Crippen molar-refractivity contribution in [2.45, 2.75) is 12.8 Å². The van der Waals surface area contributed by atoms with Crippen molar-refractivity contribution in [2.24, 2.45) is 11.7 Å². The molecule has 1 aromatic carbocycles. The first-order valence-corrected chi connectivity index (χ1v) is 6.51. The zero-order valence-electron chi connectivity index (χ0n) is 10.2. The van der Waals surface area contributed by atoms with Gasteiger partial charge in [-0.05, 0) is 36.9 Å². The molecule has 0 radical (unpaired) electrons. The normalized spacial score (nSPS) is 15.5. The number of hydrogen-bond acceptors (Lipinski definition) is 4. The number of hydrogen-bond donors (Lipinski definition) is 2. The lowest BCUT2D eigenvalue weighted by Gasteiger charge is -2.20. The summed E-state index contributed by atoms with van der Waals surface area (Å²) < 4.78 is 11.0. The van der Waals surface area contributed by atoms with Crippen molar-refractivity contribution in [3.63, 3.8) is 0 Å². The minimum atomic E-state index is 0.110. The Labute approximate surface area is 112 Å². The van der Waals surface area contributed by atoms with E-state index >= 15 is 0 Å². The Kier molecular flexibility index (Phi) is 4.69. The Balaban J connectivity index is 2.08. The van der Waals surface area contributed by atoms with E-state index in [0.29, 0.717) is 30.5 Å². The zero-order chi connectivity index (χ0) is 13.0. The quantitative estimate of drug-likeness (QED) is 0.854. The molecule has 100 valence electrons. The smallest absolute Gasteiger partial charge is 0.162 e. The summed E-state index contributed by atoms with van der Waals surface area (Å²) in [5, 5.41) is 9.78. The van der Waals surface area contributed by atoms with Crippen molar-refractivity contribution in [2.75, 3.05) is 26.4 Å². The molecule has 0 saturated carbocycles. The molecule has 1 aliphatic rings. The fourth-order valence-corrected chi connectivity index (χ4v) is 2.19. The van der Waals surface area contributed by atoms with Crippen LogP contribution in [0, 0.1) is 5.92 Å². The van der Waals surface area contributed by atoms with Gasteiger partial charge in [-0.15, -0.1) is 0 Å². The summed E-state index contributed by atoms with van der Waals surface area (Å²) in [7, 11) is 0. The third-order valence-electron chi connectivity index (χ3n) is 3.12. The molecule has 5 heteroatoms. The van der Waals surface area contributed by atoms with Gasteiger partial charge in [0.15, 0.2) is 11.5 Å². The standard InChI is InChI=1S/C13H18ClNO3/c14-11-6-13-12(17-3-4-18-13)5-10(11)2-1-9(7-15)8-16/h5-6,9,16H,1-4,7-8,15H2. The van der Waals surface area contributed by atoms with Crippen LogP contribution in [0.25, 0.3) is 0 Å². The minimum absolute atomic E-state index is 0.110. The molecule has 1 heterocycles. The third-order valence-corrected chi connectivity index (χ3v) is 3.48. The molecular weight excluding hydrogens is 254 g/mol. The van der Waals surface area contributed by atoms with E-state index in [1.807, 2.05) is 6.07 Å². The molecule has 4 nitrogen and oxygen atoms in total. The summed E-state index contributed by atoms with van der Waals surface area (Å²) in [4.78, 5) is 0. The van der Waals surface area contributed by atoms with Gasteiger partial charge in [-0.3, -0.25) is 0 Å². The molecule has 2 rings (SSSR count). The van der Waals surface area contributed by atoms with Gasteiger partial charge in [0.2, 0.25) is 0 Å². The summed E-state index contributed by atoms with van der Waals surface area (Å²) in [6.07, 6.45) is 1.59. The van der Waals surface area contributed by atoms with Gasteiger partial charge in [0.25, 0.3) is 0 Å². The maximum Gasteiger partial charge on any atom is 0.162 e. The first kappa shape index (κ1) is 13.5. The van der Waals surface area contributed by atoms with Crippen LogP contribution in [0.3, 0.4) is 0 Å². The van der Waals surface area contributed by atoms with Gasteiger partial charge < -0.3 is 20.3 Å². The monoisotopic (exact) mass is 271 g/mol. The van der Waals surface area contributed by atoms with Crippen LogP contribution < -0.4 is 15.2 Å². The van der Waals surface area contributed by atoms with Crippen molar-refractivity contribution in [3.8, 4) is 11.5 Å². The van der Waals surface area contributed by atoms with E-state index in [4.69, 9.17) is 31.9 Å². The van der Waals surface area contributed by atoms with Crippen LogP contribution in [-0.2, 0) is 6.42 Å². The average molecular weight is 272 g/mol. The molecule has 0 amide bonds. The lowest BCUT2D eigenvalue weighted by Crippen LogP contribution is -2.19. The van der Waals surface area contributed by atoms with Crippen molar-refractivity contribution >= 4 is 11.6 Å². The highest BCUT2D eigenvalue weighted by Crippen LogP contribution is 2.36. The topological polar surface area (TPSA) is 64.7 Å². The van der Waals surface area contributed by atoms with E-state index in [9.17, 15) is 0 Å². The number of nitrogens with two attached hydrogens (primary N) is 1. The SMILES string of the molecule is NCC(CO)CCc1cc2c(cc1Cl)OCCO2. The molecule has 0 fully saturated rings. The maximum atomic E-state index is 9.11. The van der Waals surface area contributed by atoms with E-state index < -0.39 is 0 Å². The first-order valence-electron chi connectivity index (χ1n) is 6.13. The molecule has 0 aromatic heterocycles. The fourth-order valence-electron chi connectivity index (χ4n) is 1.94. The Hall–Kier alpha value is -0.970. The van der Waals surface area contributed by atoms with Crippen LogP contribution in [0.4, 0.5) is 0 Å². The van der Waals surface area contributed by atoms with Gasteiger partial charge in [0, 0.05) is 17.7 Å². The molecule has 0 bridgehead atoms. The molecule has 18 heavy (non-hydrogen) atoms. The predicted molar refractivity (Wildman–Crippen MR) is 70.4 cm³/mol. The summed E-state index contributed by atoms with van der Waals surface area (Å²) in [6, 6.07) is 3.71. The highest BCUT2D eigenvalue weighted by atomic mass is 35.5. The second-order valence-corrected chi connectivity index (χ2v) is 4.82. The average Bonchev–Trinajstić information content (AvgIpc) is 2.40. The molecule has 0 aliphatic carbocycles. The van der Waals surface area contributed by atoms with Crippen LogP contribution in [0.15, 0.2) is 12.1 Å². The Morgan fingerprint density at radius 3 is 2.56 bits per heavy atom. The predicted octanol–water partition coefficient (Wildman–Crippen LogP) is 1.61. The van der Waals surface area contributed by atoms with Crippen LogP contribution >= 0.6 is 11.6 Å². The zero-order valence-corrected chi connectivity index (χ0v) is 10.9. The van der Waals surface area contributed by atoms with Crippen LogP contribution in [-0.4, -0.2) is 31.5 Å².